The second-order valence-corrected chi connectivity index (χ2v) is 5.14. The summed E-state index contributed by atoms with van der Waals surface area (Å²) in [6.45, 7) is 0. The highest BCUT2D eigenvalue weighted by molar-refractivity contribution is 5.82. The standard InChI is InChI=1S/C18H12N2O2/c19-11-15-17(21)22-16(13-7-3-1-4-8-13)18(15,12-20)14-9-5-2-6-10-14/h1-10,15-16H. The van der Waals surface area contributed by atoms with Crippen molar-refractivity contribution in [2.24, 2.45) is 5.92 Å². The van der Waals surface area contributed by atoms with Crippen molar-refractivity contribution in [1.82, 2.24) is 0 Å². The number of esters is 1. The van der Waals surface area contributed by atoms with Gasteiger partial charge < -0.3 is 4.74 Å². The van der Waals surface area contributed by atoms with Gasteiger partial charge in [0.2, 0.25) is 0 Å². The SMILES string of the molecule is N#CC1C(=O)OC(c2ccccc2)C1(C#N)c1ccccc1. The van der Waals surface area contributed by atoms with Crippen LogP contribution in [0.25, 0.3) is 0 Å². The van der Waals surface area contributed by atoms with Crippen LogP contribution in [0, 0.1) is 28.6 Å². The van der Waals surface area contributed by atoms with Crippen molar-refractivity contribution >= 4 is 5.97 Å². The van der Waals surface area contributed by atoms with Crippen molar-refractivity contribution in [1.29, 1.82) is 10.5 Å². The molecule has 0 spiro atoms. The summed E-state index contributed by atoms with van der Waals surface area (Å²) in [6.07, 6.45) is -0.793. The first kappa shape index (κ1) is 13.9. The second-order valence-electron chi connectivity index (χ2n) is 5.14. The molecule has 1 saturated heterocycles. The lowest BCUT2D eigenvalue weighted by atomic mass is 9.68. The predicted octanol–water partition coefficient (Wildman–Crippen LogP) is 2.89. The van der Waals surface area contributed by atoms with Gasteiger partial charge in [-0.25, -0.2) is 0 Å². The van der Waals surface area contributed by atoms with E-state index in [1.807, 2.05) is 30.3 Å². The van der Waals surface area contributed by atoms with Gasteiger partial charge in [0.1, 0.15) is 5.41 Å². The fourth-order valence-electron chi connectivity index (χ4n) is 2.95. The van der Waals surface area contributed by atoms with Crippen molar-refractivity contribution in [2.45, 2.75) is 11.5 Å². The van der Waals surface area contributed by atoms with E-state index >= 15 is 0 Å². The lowest BCUT2D eigenvalue weighted by Crippen LogP contribution is -2.35. The summed E-state index contributed by atoms with van der Waals surface area (Å²) in [4.78, 5) is 12.1. The largest absolute Gasteiger partial charge is 0.454 e. The van der Waals surface area contributed by atoms with Crippen LogP contribution in [0.15, 0.2) is 60.7 Å². The minimum absolute atomic E-state index is 0.615. The molecule has 4 nitrogen and oxygen atoms in total. The van der Waals surface area contributed by atoms with Gasteiger partial charge in [0, 0.05) is 0 Å². The zero-order valence-corrected chi connectivity index (χ0v) is 11.6. The Morgan fingerprint density at radius 2 is 1.55 bits per heavy atom. The molecular formula is C18H12N2O2. The lowest BCUT2D eigenvalue weighted by Gasteiger charge is -2.28. The molecule has 0 saturated carbocycles. The Morgan fingerprint density at radius 3 is 2.09 bits per heavy atom. The number of nitrogens with zero attached hydrogens (tertiary/aromatic N) is 2. The van der Waals surface area contributed by atoms with E-state index < -0.39 is 23.4 Å². The molecular weight excluding hydrogens is 276 g/mol. The van der Waals surface area contributed by atoms with Gasteiger partial charge in [-0.3, -0.25) is 4.79 Å². The molecule has 1 heterocycles. The van der Waals surface area contributed by atoms with Crippen molar-refractivity contribution in [3.63, 3.8) is 0 Å². The number of hydrogen-bond acceptors (Lipinski definition) is 4. The Kier molecular flexibility index (Phi) is 3.37. The van der Waals surface area contributed by atoms with Gasteiger partial charge in [-0.05, 0) is 11.1 Å². The van der Waals surface area contributed by atoms with Crippen molar-refractivity contribution in [2.75, 3.05) is 0 Å². The van der Waals surface area contributed by atoms with E-state index in [-0.39, 0.29) is 0 Å². The molecule has 2 aromatic carbocycles. The van der Waals surface area contributed by atoms with Crippen LogP contribution in [0.5, 0.6) is 0 Å². The van der Waals surface area contributed by atoms with Crippen LogP contribution in [0.1, 0.15) is 17.2 Å². The van der Waals surface area contributed by atoms with Gasteiger partial charge in [-0.15, -0.1) is 0 Å². The molecule has 0 radical (unpaired) electrons. The summed E-state index contributed by atoms with van der Waals surface area (Å²) in [6, 6.07) is 22.1. The van der Waals surface area contributed by atoms with Crippen molar-refractivity contribution < 1.29 is 9.53 Å². The predicted molar refractivity (Wildman–Crippen MR) is 78.1 cm³/mol. The second kappa shape index (κ2) is 5.35. The molecule has 3 unspecified atom stereocenters. The summed E-state index contributed by atoms with van der Waals surface area (Å²) in [5, 5.41) is 19.3. The third-order valence-corrected chi connectivity index (χ3v) is 4.01. The van der Waals surface area contributed by atoms with Crippen LogP contribution in [-0.2, 0) is 14.9 Å². The van der Waals surface area contributed by atoms with E-state index in [9.17, 15) is 15.3 Å². The Labute approximate surface area is 128 Å². The van der Waals surface area contributed by atoms with E-state index in [0.29, 0.717) is 11.1 Å². The fourth-order valence-corrected chi connectivity index (χ4v) is 2.95. The molecule has 0 aliphatic carbocycles. The van der Waals surface area contributed by atoms with E-state index in [1.54, 1.807) is 36.4 Å². The minimum atomic E-state index is -1.34. The van der Waals surface area contributed by atoms with Gasteiger partial charge in [-0.1, -0.05) is 60.7 Å². The number of ether oxygens (including phenoxy) is 1. The molecule has 3 atom stereocenters. The summed E-state index contributed by atoms with van der Waals surface area (Å²) in [5.74, 6) is -1.80. The van der Waals surface area contributed by atoms with Gasteiger partial charge >= 0.3 is 5.97 Å². The van der Waals surface area contributed by atoms with E-state index in [1.165, 1.54) is 0 Å². The minimum Gasteiger partial charge on any atom is -0.454 e. The maximum Gasteiger partial charge on any atom is 0.326 e. The average molecular weight is 288 g/mol. The normalized spacial score (nSPS) is 26.7. The topological polar surface area (TPSA) is 73.9 Å². The van der Waals surface area contributed by atoms with Gasteiger partial charge in [0.15, 0.2) is 12.0 Å². The van der Waals surface area contributed by atoms with Gasteiger partial charge in [-0.2, -0.15) is 10.5 Å². The monoisotopic (exact) mass is 288 g/mol. The Hall–Kier alpha value is -3.11. The van der Waals surface area contributed by atoms with E-state index in [4.69, 9.17) is 4.74 Å². The number of hydrogen-bond donors (Lipinski definition) is 0. The Bertz CT molecular complexity index is 774. The van der Waals surface area contributed by atoms with Gasteiger partial charge in [0.25, 0.3) is 0 Å². The highest BCUT2D eigenvalue weighted by atomic mass is 16.6. The zero-order chi connectivity index (χ0) is 15.6. The first-order valence-electron chi connectivity index (χ1n) is 6.86. The maximum atomic E-state index is 12.1. The quantitative estimate of drug-likeness (QED) is 0.796. The number of benzene rings is 2. The summed E-state index contributed by atoms with van der Waals surface area (Å²) in [7, 11) is 0. The summed E-state index contributed by atoms with van der Waals surface area (Å²) < 4.78 is 5.43. The third kappa shape index (κ3) is 1.86. The average Bonchev–Trinajstić information content (AvgIpc) is 2.89. The molecule has 1 fully saturated rings. The molecule has 2 aromatic rings. The van der Waals surface area contributed by atoms with E-state index in [2.05, 4.69) is 6.07 Å². The molecule has 0 aromatic heterocycles. The number of carbonyl (C=O) groups excluding carboxylic acids is 1. The Morgan fingerprint density at radius 1 is 0.955 bits per heavy atom. The number of nitriles is 2. The summed E-state index contributed by atoms with van der Waals surface area (Å²) >= 11 is 0. The van der Waals surface area contributed by atoms with Crippen molar-refractivity contribution in [3.05, 3.63) is 71.8 Å². The number of rotatable bonds is 2. The van der Waals surface area contributed by atoms with Crippen LogP contribution < -0.4 is 0 Å². The fraction of sp³-hybridized carbons (Fsp3) is 0.167. The molecule has 106 valence electrons. The molecule has 4 heteroatoms. The highest BCUT2D eigenvalue weighted by Crippen LogP contribution is 2.50. The molecule has 0 bridgehead atoms. The van der Waals surface area contributed by atoms with Crippen LogP contribution >= 0.6 is 0 Å². The Balaban J connectivity index is 2.24. The van der Waals surface area contributed by atoms with Gasteiger partial charge in [0.05, 0.1) is 12.1 Å². The molecule has 1 aliphatic rings. The molecule has 22 heavy (non-hydrogen) atoms. The third-order valence-electron chi connectivity index (χ3n) is 4.01. The van der Waals surface area contributed by atoms with E-state index in [0.717, 1.165) is 0 Å². The van der Waals surface area contributed by atoms with Crippen LogP contribution in [0.2, 0.25) is 0 Å². The lowest BCUT2D eigenvalue weighted by molar-refractivity contribution is -0.143. The van der Waals surface area contributed by atoms with Crippen LogP contribution in [0.4, 0.5) is 0 Å². The number of cyclic esters (lactones) is 1. The van der Waals surface area contributed by atoms with Crippen LogP contribution in [0.3, 0.4) is 0 Å². The first-order valence-corrected chi connectivity index (χ1v) is 6.86. The maximum absolute atomic E-state index is 12.1. The first-order chi connectivity index (χ1) is 10.7. The molecule has 0 N–H and O–H groups in total. The zero-order valence-electron chi connectivity index (χ0n) is 11.6. The summed E-state index contributed by atoms with van der Waals surface area (Å²) in [5.41, 5.74) is -0.0168. The molecule has 1 aliphatic heterocycles. The smallest absolute Gasteiger partial charge is 0.326 e. The van der Waals surface area contributed by atoms with Crippen LogP contribution in [-0.4, -0.2) is 5.97 Å². The van der Waals surface area contributed by atoms with Crippen molar-refractivity contribution in [3.8, 4) is 12.1 Å². The number of carbonyl (C=O) groups is 1. The highest BCUT2D eigenvalue weighted by Gasteiger charge is 2.60. The molecule has 0 amide bonds. The molecule has 3 rings (SSSR count).